The fraction of sp³-hybridized carbons (Fsp3) is 0.120. The monoisotopic (exact) mass is 571 g/mol. The Kier molecular flexibility index (Phi) is 7.14. The van der Waals surface area contributed by atoms with Crippen LogP contribution >= 0.6 is 11.6 Å². The van der Waals surface area contributed by atoms with Crippen LogP contribution < -0.4 is 10.6 Å². The van der Waals surface area contributed by atoms with Gasteiger partial charge in [0.25, 0.3) is 0 Å². The number of pyridine rings is 3. The Hall–Kier alpha value is -4.90. The first-order valence-corrected chi connectivity index (χ1v) is 11.7. The number of hydrogen-bond acceptors (Lipinski definition) is 8. The average Bonchev–Trinajstić information content (AvgIpc) is 3.36. The van der Waals surface area contributed by atoms with Crippen LogP contribution in [0.25, 0.3) is 10.9 Å². The largest absolute Gasteiger partial charge is 0.408 e. The summed E-state index contributed by atoms with van der Waals surface area (Å²) in [6.07, 6.45) is 2.05. The summed E-state index contributed by atoms with van der Waals surface area (Å²) in [5.41, 5.74) is 1.73. The van der Waals surface area contributed by atoms with E-state index in [1.54, 1.807) is 18.2 Å². The Morgan fingerprint density at radius 3 is 2.60 bits per heavy atom. The van der Waals surface area contributed by atoms with Crippen LogP contribution in [0.5, 0.6) is 0 Å². The van der Waals surface area contributed by atoms with Crippen LogP contribution in [0.15, 0.2) is 61.3 Å². The Bertz CT molecular complexity index is 1740. The van der Waals surface area contributed by atoms with Gasteiger partial charge in [0.15, 0.2) is 5.82 Å². The van der Waals surface area contributed by atoms with Gasteiger partial charge in [-0.15, -0.1) is 5.10 Å². The minimum atomic E-state index is -4.49. The van der Waals surface area contributed by atoms with Crippen molar-refractivity contribution in [3.05, 3.63) is 94.9 Å². The van der Waals surface area contributed by atoms with Crippen LogP contribution in [0.4, 0.5) is 39.0 Å². The van der Waals surface area contributed by atoms with Gasteiger partial charge in [0.05, 0.1) is 45.9 Å². The van der Waals surface area contributed by atoms with E-state index in [0.717, 1.165) is 12.3 Å². The second kappa shape index (κ2) is 10.7. The second-order valence-corrected chi connectivity index (χ2v) is 8.86. The molecule has 0 bridgehead atoms. The summed E-state index contributed by atoms with van der Waals surface area (Å²) in [5, 5.41) is 23.8. The van der Waals surface area contributed by atoms with Gasteiger partial charge in [-0.1, -0.05) is 22.9 Å². The predicted molar refractivity (Wildman–Crippen MR) is 135 cm³/mol. The lowest BCUT2D eigenvalue weighted by Crippen LogP contribution is -2.18. The molecule has 202 valence electrons. The third kappa shape index (κ3) is 5.74. The van der Waals surface area contributed by atoms with Gasteiger partial charge in [-0.25, -0.2) is 14.1 Å². The molecular formula is C25H15ClF5N9. The van der Waals surface area contributed by atoms with Crippen molar-refractivity contribution >= 4 is 39.6 Å². The molecule has 1 aromatic carbocycles. The summed E-state index contributed by atoms with van der Waals surface area (Å²) in [5.74, 6) is -2.48. The standard InChI is InChI=1S/C25H15ClF5N9/c26-18-5-15(36-22(13-2-1-3-33-8-13)20-11-40(39-38-20)12-25(29,30)31)4-17-21(14(7-32)9-34-23(17)18)37-16-6-19(27)24(28)35-10-16/h1-6,8-11,22,36H,12H2,(H,34,37)/t22-/m0/s1. The van der Waals surface area contributed by atoms with E-state index in [1.807, 2.05) is 6.07 Å². The molecule has 2 N–H and O–H groups in total. The summed E-state index contributed by atoms with van der Waals surface area (Å²) in [6.45, 7) is -1.32. The smallest absolute Gasteiger partial charge is 0.373 e. The molecule has 0 aliphatic heterocycles. The van der Waals surface area contributed by atoms with Gasteiger partial charge in [-0.3, -0.25) is 9.97 Å². The number of nitriles is 1. The van der Waals surface area contributed by atoms with Gasteiger partial charge >= 0.3 is 6.18 Å². The number of rotatable bonds is 7. The van der Waals surface area contributed by atoms with Crippen molar-refractivity contribution in [1.29, 1.82) is 5.26 Å². The number of halogens is 6. The van der Waals surface area contributed by atoms with E-state index in [-0.39, 0.29) is 27.7 Å². The van der Waals surface area contributed by atoms with Crippen molar-refractivity contribution in [3.8, 4) is 6.07 Å². The number of alkyl halides is 3. The maximum absolute atomic E-state index is 13.8. The topological polar surface area (TPSA) is 117 Å². The van der Waals surface area contributed by atoms with E-state index in [9.17, 15) is 27.2 Å². The van der Waals surface area contributed by atoms with Crippen molar-refractivity contribution in [2.45, 2.75) is 18.8 Å². The molecule has 40 heavy (non-hydrogen) atoms. The van der Waals surface area contributed by atoms with Crippen molar-refractivity contribution in [2.75, 3.05) is 10.6 Å². The van der Waals surface area contributed by atoms with E-state index in [1.165, 1.54) is 30.9 Å². The van der Waals surface area contributed by atoms with Crippen molar-refractivity contribution < 1.29 is 22.0 Å². The highest BCUT2D eigenvalue weighted by Gasteiger charge is 2.29. The number of nitrogens with zero attached hydrogens (tertiary/aromatic N) is 7. The van der Waals surface area contributed by atoms with E-state index in [4.69, 9.17) is 11.6 Å². The molecular weight excluding hydrogens is 557 g/mol. The number of anilines is 3. The van der Waals surface area contributed by atoms with Gasteiger partial charge in [-0.05, 0) is 23.8 Å². The first-order valence-electron chi connectivity index (χ1n) is 11.3. The molecule has 4 heterocycles. The number of benzene rings is 1. The predicted octanol–water partition coefficient (Wildman–Crippen LogP) is 5.93. The average molecular weight is 572 g/mol. The summed E-state index contributed by atoms with van der Waals surface area (Å²) in [7, 11) is 0. The van der Waals surface area contributed by atoms with Gasteiger partial charge < -0.3 is 10.6 Å². The summed E-state index contributed by atoms with van der Waals surface area (Å²) >= 11 is 6.53. The molecule has 0 unspecified atom stereocenters. The molecule has 0 aliphatic carbocycles. The van der Waals surface area contributed by atoms with Crippen LogP contribution in [-0.4, -0.2) is 36.1 Å². The van der Waals surface area contributed by atoms with Gasteiger partial charge in [0.1, 0.15) is 18.3 Å². The highest BCUT2D eigenvalue weighted by molar-refractivity contribution is 6.36. The van der Waals surface area contributed by atoms with Gasteiger partial charge in [-0.2, -0.15) is 22.8 Å². The maximum atomic E-state index is 13.8. The van der Waals surface area contributed by atoms with Crippen LogP contribution in [0, 0.1) is 23.1 Å². The zero-order valence-electron chi connectivity index (χ0n) is 20.0. The van der Waals surface area contributed by atoms with Crippen LogP contribution in [0.1, 0.15) is 22.9 Å². The summed E-state index contributed by atoms with van der Waals surface area (Å²) < 4.78 is 66.5. The van der Waals surface area contributed by atoms with Gasteiger partial charge in [0.2, 0.25) is 5.95 Å². The Labute approximate surface area is 227 Å². The number of aromatic nitrogens is 6. The molecule has 9 nitrogen and oxygen atoms in total. The molecule has 0 fully saturated rings. The Balaban J connectivity index is 1.58. The zero-order chi connectivity index (χ0) is 28.4. The lowest BCUT2D eigenvalue weighted by Gasteiger charge is -2.19. The van der Waals surface area contributed by atoms with Crippen LogP contribution in [-0.2, 0) is 6.54 Å². The molecule has 0 saturated heterocycles. The van der Waals surface area contributed by atoms with E-state index in [0.29, 0.717) is 26.8 Å². The second-order valence-electron chi connectivity index (χ2n) is 8.45. The number of fused-ring (bicyclic) bond motifs is 1. The molecule has 0 aliphatic rings. The minimum Gasteiger partial charge on any atom is -0.373 e. The zero-order valence-corrected chi connectivity index (χ0v) is 20.7. The third-order valence-corrected chi connectivity index (χ3v) is 5.92. The normalized spacial score (nSPS) is 12.2. The maximum Gasteiger partial charge on any atom is 0.408 e. The highest BCUT2D eigenvalue weighted by atomic mass is 35.5. The number of hydrogen-bond donors (Lipinski definition) is 2. The molecule has 1 atom stereocenters. The Morgan fingerprint density at radius 1 is 1.07 bits per heavy atom. The molecule has 5 aromatic rings. The summed E-state index contributed by atoms with van der Waals surface area (Å²) in [6, 6.07) is 8.55. The first-order chi connectivity index (χ1) is 19.1. The molecule has 0 amide bonds. The molecule has 0 radical (unpaired) electrons. The van der Waals surface area contributed by atoms with E-state index >= 15 is 0 Å². The minimum absolute atomic E-state index is 0.0619. The number of nitrogens with one attached hydrogen (secondary N) is 2. The summed E-state index contributed by atoms with van der Waals surface area (Å²) in [4.78, 5) is 11.7. The third-order valence-electron chi connectivity index (χ3n) is 5.63. The van der Waals surface area contributed by atoms with E-state index < -0.39 is 30.5 Å². The van der Waals surface area contributed by atoms with Gasteiger partial charge in [0, 0.05) is 35.7 Å². The highest BCUT2D eigenvalue weighted by Crippen LogP contribution is 2.36. The van der Waals surface area contributed by atoms with E-state index in [2.05, 4.69) is 35.9 Å². The molecule has 0 spiro atoms. The fourth-order valence-corrected chi connectivity index (χ4v) is 4.21. The molecule has 0 saturated carbocycles. The molecule has 4 aromatic heterocycles. The van der Waals surface area contributed by atoms with Crippen molar-refractivity contribution in [2.24, 2.45) is 0 Å². The van der Waals surface area contributed by atoms with Crippen molar-refractivity contribution in [1.82, 2.24) is 29.9 Å². The molecule has 15 heteroatoms. The van der Waals surface area contributed by atoms with Crippen molar-refractivity contribution in [3.63, 3.8) is 0 Å². The quantitative estimate of drug-likeness (QED) is 0.182. The fourth-order valence-electron chi connectivity index (χ4n) is 3.94. The van der Waals surface area contributed by atoms with Crippen LogP contribution in [0.2, 0.25) is 5.02 Å². The Morgan fingerprint density at radius 2 is 1.90 bits per heavy atom. The first kappa shape index (κ1) is 26.7. The lowest BCUT2D eigenvalue weighted by atomic mass is 10.0. The van der Waals surface area contributed by atoms with Crippen LogP contribution in [0.3, 0.4) is 0 Å². The SMILES string of the molecule is N#Cc1cnc2c(Cl)cc(N[C@@H](c3cccnc3)c3cn(CC(F)(F)F)nn3)cc2c1Nc1cnc(F)c(F)c1. The molecule has 5 rings (SSSR count). The lowest BCUT2D eigenvalue weighted by molar-refractivity contribution is -0.142.